The summed E-state index contributed by atoms with van der Waals surface area (Å²) in [5, 5.41) is 0. The second-order valence-electron chi connectivity index (χ2n) is 6.71. The fourth-order valence-electron chi connectivity index (χ4n) is 3.49. The first-order chi connectivity index (χ1) is 11.8. The third-order valence-electron chi connectivity index (χ3n) is 4.96. The molecule has 0 radical (unpaired) electrons. The molecule has 2 saturated heterocycles. The molecule has 4 heterocycles. The molecule has 0 aromatic carbocycles. The van der Waals surface area contributed by atoms with E-state index in [9.17, 15) is 0 Å². The summed E-state index contributed by atoms with van der Waals surface area (Å²) in [4.78, 5) is 20.7. The summed E-state index contributed by atoms with van der Waals surface area (Å²) in [5.41, 5.74) is 2.05. The zero-order valence-electron chi connectivity index (χ0n) is 14.2. The van der Waals surface area contributed by atoms with Gasteiger partial charge in [-0.25, -0.2) is 4.98 Å². The normalized spacial score (nSPS) is 20.1. The number of pyridine rings is 1. The molecule has 2 aliphatic rings. The number of anilines is 1. The van der Waals surface area contributed by atoms with E-state index < -0.39 is 0 Å². The quantitative estimate of drug-likeness (QED) is 0.842. The molecule has 2 aromatic heterocycles. The Morgan fingerprint density at radius 2 is 1.83 bits per heavy atom. The fourth-order valence-corrected chi connectivity index (χ4v) is 3.49. The summed E-state index contributed by atoms with van der Waals surface area (Å²) in [6, 6.07) is 6.83. The zero-order valence-corrected chi connectivity index (χ0v) is 14.2. The molecule has 0 spiro atoms. The Morgan fingerprint density at radius 3 is 2.50 bits per heavy atom. The minimum absolute atomic E-state index is 0.689. The standard InChI is InChI=1S/C18H24N6/c1-15-10-21-16(11-20-15)12-22-13-17(14-22)23-6-8-24(9-7-23)18-4-2-3-5-19-18/h2-5,10-11,17H,6-9,12-14H2,1H3. The van der Waals surface area contributed by atoms with E-state index in [1.807, 2.05) is 31.6 Å². The second kappa shape index (κ2) is 6.83. The van der Waals surface area contributed by atoms with Gasteiger partial charge in [0, 0.05) is 70.4 Å². The Kier molecular flexibility index (Phi) is 4.40. The van der Waals surface area contributed by atoms with Crippen molar-refractivity contribution in [1.29, 1.82) is 0 Å². The van der Waals surface area contributed by atoms with Crippen LogP contribution in [0.4, 0.5) is 5.82 Å². The minimum atomic E-state index is 0.689. The highest BCUT2D eigenvalue weighted by Gasteiger charge is 2.33. The first kappa shape index (κ1) is 15.5. The smallest absolute Gasteiger partial charge is 0.128 e. The SMILES string of the molecule is Cc1cnc(CN2CC(N3CCN(c4ccccn4)CC3)C2)cn1. The molecule has 0 bridgehead atoms. The van der Waals surface area contributed by atoms with Gasteiger partial charge in [0.15, 0.2) is 0 Å². The first-order valence-corrected chi connectivity index (χ1v) is 8.68. The van der Waals surface area contributed by atoms with Crippen LogP contribution >= 0.6 is 0 Å². The molecule has 2 aromatic rings. The predicted octanol–water partition coefficient (Wildman–Crippen LogP) is 1.19. The molecule has 24 heavy (non-hydrogen) atoms. The molecule has 0 unspecified atom stereocenters. The molecular formula is C18H24N6. The van der Waals surface area contributed by atoms with E-state index >= 15 is 0 Å². The van der Waals surface area contributed by atoms with Gasteiger partial charge in [0.1, 0.15) is 5.82 Å². The molecule has 0 amide bonds. The lowest BCUT2D eigenvalue weighted by molar-refractivity contribution is 0.0247. The Balaban J connectivity index is 1.23. The largest absolute Gasteiger partial charge is 0.354 e. The molecule has 2 aliphatic heterocycles. The number of hydrogen-bond acceptors (Lipinski definition) is 6. The predicted molar refractivity (Wildman–Crippen MR) is 93.9 cm³/mol. The van der Waals surface area contributed by atoms with E-state index in [0.717, 1.165) is 63.0 Å². The third kappa shape index (κ3) is 3.39. The Bertz CT molecular complexity index is 645. The number of aryl methyl sites for hydroxylation is 1. The first-order valence-electron chi connectivity index (χ1n) is 8.68. The van der Waals surface area contributed by atoms with Gasteiger partial charge in [-0.05, 0) is 19.1 Å². The summed E-state index contributed by atoms with van der Waals surface area (Å²) in [6.07, 6.45) is 5.62. The number of likely N-dealkylation sites (tertiary alicyclic amines) is 1. The van der Waals surface area contributed by atoms with Crippen LogP contribution in [0.15, 0.2) is 36.8 Å². The summed E-state index contributed by atoms with van der Waals surface area (Å²) in [5.74, 6) is 1.10. The van der Waals surface area contributed by atoms with Gasteiger partial charge in [0.2, 0.25) is 0 Å². The fraction of sp³-hybridized carbons (Fsp3) is 0.500. The van der Waals surface area contributed by atoms with Crippen LogP contribution in [0, 0.1) is 6.92 Å². The molecule has 2 fully saturated rings. The van der Waals surface area contributed by atoms with Crippen LogP contribution in [0.3, 0.4) is 0 Å². The van der Waals surface area contributed by atoms with Crippen molar-refractivity contribution in [2.75, 3.05) is 44.2 Å². The van der Waals surface area contributed by atoms with Gasteiger partial charge in [0.05, 0.1) is 11.4 Å². The molecule has 126 valence electrons. The van der Waals surface area contributed by atoms with Crippen molar-refractivity contribution < 1.29 is 0 Å². The van der Waals surface area contributed by atoms with Gasteiger partial charge >= 0.3 is 0 Å². The third-order valence-corrected chi connectivity index (χ3v) is 4.96. The van der Waals surface area contributed by atoms with Crippen molar-refractivity contribution in [2.45, 2.75) is 19.5 Å². The van der Waals surface area contributed by atoms with Crippen molar-refractivity contribution in [3.05, 3.63) is 48.2 Å². The van der Waals surface area contributed by atoms with Crippen LogP contribution in [0.1, 0.15) is 11.4 Å². The average molecular weight is 324 g/mol. The van der Waals surface area contributed by atoms with Gasteiger partial charge in [-0.1, -0.05) is 6.07 Å². The van der Waals surface area contributed by atoms with Crippen LogP contribution in [0.2, 0.25) is 0 Å². The number of rotatable bonds is 4. The van der Waals surface area contributed by atoms with E-state index in [-0.39, 0.29) is 0 Å². The van der Waals surface area contributed by atoms with E-state index in [2.05, 4.69) is 41.8 Å². The van der Waals surface area contributed by atoms with Crippen LogP contribution < -0.4 is 4.90 Å². The minimum Gasteiger partial charge on any atom is -0.354 e. The maximum atomic E-state index is 4.46. The number of hydrogen-bond donors (Lipinski definition) is 0. The molecule has 0 N–H and O–H groups in total. The van der Waals surface area contributed by atoms with Crippen molar-refractivity contribution in [3.8, 4) is 0 Å². The van der Waals surface area contributed by atoms with Crippen LogP contribution in [0.25, 0.3) is 0 Å². The monoisotopic (exact) mass is 324 g/mol. The van der Waals surface area contributed by atoms with E-state index in [0.29, 0.717) is 6.04 Å². The number of nitrogens with zero attached hydrogens (tertiary/aromatic N) is 6. The van der Waals surface area contributed by atoms with Gasteiger partial charge in [-0.3, -0.25) is 19.8 Å². The summed E-state index contributed by atoms with van der Waals surface area (Å²) in [6.45, 7) is 9.55. The van der Waals surface area contributed by atoms with Gasteiger partial charge in [0.25, 0.3) is 0 Å². The summed E-state index contributed by atoms with van der Waals surface area (Å²) >= 11 is 0. The lowest BCUT2D eigenvalue weighted by Crippen LogP contribution is -2.62. The zero-order chi connectivity index (χ0) is 16.4. The van der Waals surface area contributed by atoms with Crippen molar-refractivity contribution >= 4 is 5.82 Å². The molecule has 6 heteroatoms. The van der Waals surface area contributed by atoms with Crippen molar-refractivity contribution in [3.63, 3.8) is 0 Å². The molecule has 0 saturated carbocycles. The van der Waals surface area contributed by atoms with Crippen LogP contribution in [-0.2, 0) is 6.54 Å². The van der Waals surface area contributed by atoms with Crippen LogP contribution in [-0.4, -0.2) is 70.1 Å². The molecule has 0 atom stereocenters. The maximum absolute atomic E-state index is 4.46. The highest BCUT2D eigenvalue weighted by molar-refractivity contribution is 5.38. The maximum Gasteiger partial charge on any atom is 0.128 e. The Hall–Kier alpha value is -2.05. The van der Waals surface area contributed by atoms with E-state index in [1.165, 1.54) is 0 Å². The lowest BCUT2D eigenvalue weighted by atomic mass is 10.1. The molecular weight excluding hydrogens is 300 g/mol. The molecule has 4 rings (SSSR count). The van der Waals surface area contributed by atoms with Crippen molar-refractivity contribution in [2.24, 2.45) is 0 Å². The summed E-state index contributed by atoms with van der Waals surface area (Å²) in [7, 11) is 0. The average Bonchev–Trinajstić information content (AvgIpc) is 2.60. The van der Waals surface area contributed by atoms with Crippen LogP contribution in [0.5, 0.6) is 0 Å². The number of aromatic nitrogens is 3. The number of piperazine rings is 1. The molecule has 0 aliphatic carbocycles. The topological polar surface area (TPSA) is 48.4 Å². The highest BCUT2D eigenvalue weighted by Crippen LogP contribution is 2.20. The highest BCUT2D eigenvalue weighted by atomic mass is 15.4. The van der Waals surface area contributed by atoms with Crippen molar-refractivity contribution in [1.82, 2.24) is 24.8 Å². The van der Waals surface area contributed by atoms with Gasteiger partial charge < -0.3 is 4.90 Å². The second-order valence-corrected chi connectivity index (χ2v) is 6.71. The van der Waals surface area contributed by atoms with Gasteiger partial charge in [-0.2, -0.15) is 0 Å². The Labute approximate surface area is 143 Å². The summed E-state index contributed by atoms with van der Waals surface area (Å²) < 4.78 is 0. The Morgan fingerprint density at radius 1 is 1.00 bits per heavy atom. The van der Waals surface area contributed by atoms with Gasteiger partial charge in [-0.15, -0.1) is 0 Å². The van der Waals surface area contributed by atoms with E-state index in [4.69, 9.17) is 0 Å². The van der Waals surface area contributed by atoms with E-state index in [1.54, 1.807) is 0 Å². The molecule has 6 nitrogen and oxygen atoms in total. The lowest BCUT2D eigenvalue weighted by Gasteiger charge is -2.48.